The van der Waals surface area contributed by atoms with Gasteiger partial charge in [0.05, 0.1) is 11.8 Å². The number of aryl methyl sites for hydroxylation is 1. The third-order valence-corrected chi connectivity index (χ3v) is 4.08. The first-order valence-electron chi connectivity index (χ1n) is 7.41. The third kappa shape index (κ3) is 3.96. The topological polar surface area (TPSA) is 106 Å². The second-order valence-electron chi connectivity index (χ2n) is 5.61. The molecule has 1 aromatic rings. The van der Waals surface area contributed by atoms with Gasteiger partial charge in [-0.15, -0.1) is 0 Å². The molecule has 1 heterocycles. The molecule has 0 unspecified atom stereocenters. The Bertz CT molecular complexity index is 517. The second kappa shape index (κ2) is 7.10. The first-order chi connectivity index (χ1) is 10.1. The fourth-order valence-corrected chi connectivity index (χ4v) is 2.83. The zero-order valence-electron chi connectivity index (χ0n) is 12.4. The van der Waals surface area contributed by atoms with Gasteiger partial charge in [-0.1, -0.05) is 37.3 Å². The number of rotatable bonds is 5. The van der Waals surface area contributed by atoms with E-state index in [1.807, 2.05) is 0 Å². The number of hydrogen-bond acceptors (Lipinski definition) is 4. The molecule has 0 bridgehead atoms. The number of nitrogens with zero attached hydrogens (tertiary/aromatic N) is 3. The van der Waals surface area contributed by atoms with Gasteiger partial charge in [0.1, 0.15) is 5.82 Å². The van der Waals surface area contributed by atoms with E-state index in [0.29, 0.717) is 23.7 Å². The monoisotopic (exact) mass is 293 g/mol. The molecule has 1 aliphatic carbocycles. The van der Waals surface area contributed by atoms with E-state index < -0.39 is 0 Å². The van der Waals surface area contributed by atoms with E-state index in [9.17, 15) is 4.79 Å². The molecule has 1 aliphatic rings. The number of nitrogens with one attached hydrogen (secondary N) is 1. The maximum absolute atomic E-state index is 12.1. The van der Waals surface area contributed by atoms with Gasteiger partial charge in [0.2, 0.25) is 5.91 Å². The molecule has 4 N–H and O–H groups in total. The lowest BCUT2D eigenvalue weighted by atomic mass is 9.86. The van der Waals surface area contributed by atoms with Crippen LogP contribution in [0.15, 0.2) is 11.4 Å². The van der Waals surface area contributed by atoms with Crippen LogP contribution in [-0.2, 0) is 11.8 Å². The Morgan fingerprint density at radius 1 is 1.52 bits per heavy atom. The van der Waals surface area contributed by atoms with Gasteiger partial charge in [0.15, 0.2) is 5.84 Å². The molecule has 7 nitrogen and oxygen atoms in total. The predicted octanol–water partition coefficient (Wildman–Crippen LogP) is 1.81. The van der Waals surface area contributed by atoms with E-state index in [2.05, 4.69) is 15.6 Å². The molecule has 2 rings (SSSR count). The van der Waals surface area contributed by atoms with Gasteiger partial charge in [-0.2, -0.15) is 5.10 Å². The molecule has 1 saturated carbocycles. The minimum absolute atomic E-state index is 0.0591. The Morgan fingerprint density at radius 2 is 2.24 bits per heavy atom. The first-order valence-corrected chi connectivity index (χ1v) is 7.41. The minimum atomic E-state index is -0.0642. The zero-order valence-corrected chi connectivity index (χ0v) is 12.4. The van der Waals surface area contributed by atoms with E-state index >= 15 is 0 Å². The predicted molar refractivity (Wildman–Crippen MR) is 80.2 cm³/mol. The van der Waals surface area contributed by atoms with Gasteiger partial charge in [0, 0.05) is 13.5 Å². The summed E-state index contributed by atoms with van der Waals surface area (Å²) in [5.74, 6) is 1.00. The van der Waals surface area contributed by atoms with E-state index in [4.69, 9.17) is 10.9 Å². The summed E-state index contributed by atoms with van der Waals surface area (Å²) < 4.78 is 1.51. The van der Waals surface area contributed by atoms with Crippen LogP contribution in [0.3, 0.4) is 0 Å². The molecule has 0 atom stereocenters. The minimum Gasteiger partial charge on any atom is -0.409 e. The Labute approximate surface area is 124 Å². The number of oxime groups is 1. The molecule has 0 spiro atoms. The summed E-state index contributed by atoms with van der Waals surface area (Å²) in [6.45, 7) is 0. The molecule has 1 fully saturated rings. The lowest BCUT2D eigenvalue weighted by Crippen LogP contribution is -2.20. The van der Waals surface area contributed by atoms with Crippen molar-refractivity contribution < 1.29 is 10.0 Å². The van der Waals surface area contributed by atoms with Crippen LogP contribution in [0.1, 0.15) is 50.5 Å². The molecule has 0 saturated heterocycles. The number of amides is 1. The van der Waals surface area contributed by atoms with Crippen LogP contribution in [0.25, 0.3) is 0 Å². The average Bonchev–Trinajstić information content (AvgIpc) is 2.86. The number of carbonyl (C=O) groups excluding carboxylic acids is 1. The number of nitrogens with two attached hydrogens (primary N) is 1. The summed E-state index contributed by atoms with van der Waals surface area (Å²) in [5.41, 5.74) is 5.99. The highest BCUT2D eigenvalue weighted by atomic mass is 16.4. The lowest BCUT2D eigenvalue weighted by molar-refractivity contribution is -0.116. The zero-order chi connectivity index (χ0) is 15.2. The summed E-state index contributed by atoms with van der Waals surface area (Å²) in [7, 11) is 1.70. The van der Waals surface area contributed by atoms with Crippen LogP contribution in [0, 0.1) is 5.92 Å². The van der Waals surface area contributed by atoms with Gasteiger partial charge in [0.25, 0.3) is 0 Å². The number of hydrogen-bond donors (Lipinski definition) is 3. The fourth-order valence-electron chi connectivity index (χ4n) is 2.83. The van der Waals surface area contributed by atoms with Gasteiger partial charge in [-0.25, -0.2) is 0 Å². The Morgan fingerprint density at radius 3 is 2.90 bits per heavy atom. The van der Waals surface area contributed by atoms with Crippen LogP contribution in [0.4, 0.5) is 5.82 Å². The second-order valence-corrected chi connectivity index (χ2v) is 5.61. The van der Waals surface area contributed by atoms with Gasteiger partial charge < -0.3 is 16.3 Å². The lowest BCUT2D eigenvalue weighted by Gasteiger charge is -2.21. The number of anilines is 1. The average molecular weight is 293 g/mol. The van der Waals surface area contributed by atoms with Crippen LogP contribution in [0.5, 0.6) is 0 Å². The van der Waals surface area contributed by atoms with Crippen molar-refractivity contribution in [3.8, 4) is 0 Å². The smallest absolute Gasteiger partial charge is 0.225 e. The number of carbonyl (C=O) groups is 1. The molecule has 1 aromatic heterocycles. The van der Waals surface area contributed by atoms with Crippen LogP contribution < -0.4 is 11.1 Å². The highest BCUT2D eigenvalue weighted by Gasteiger charge is 2.18. The molecule has 21 heavy (non-hydrogen) atoms. The van der Waals surface area contributed by atoms with Crippen LogP contribution >= 0.6 is 0 Å². The molecular formula is C14H23N5O2. The van der Waals surface area contributed by atoms with Crippen molar-refractivity contribution in [1.29, 1.82) is 0 Å². The molecule has 0 radical (unpaired) electrons. The standard InChI is InChI=1S/C14H23N5O2/c1-19-14(11(9-16-19)13(15)18-21)17-12(20)8-7-10-5-3-2-4-6-10/h9-10,21H,2-8H2,1H3,(H2,15,18)(H,17,20). The van der Waals surface area contributed by atoms with E-state index in [0.717, 1.165) is 6.42 Å². The van der Waals surface area contributed by atoms with E-state index in [1.165, 1.54) is 43.0 Å². The summed E-state index contributed by atoms with van der Waals surface area (Å²) in [5, 5.41) is 18.5. The highest BCUT2D eigenvalue weighted by molar-refractivity contribution is 6.04. The summed E-state index contributed by atoms with van der Waals surface area (Å²) in [4.78, 5) is 12.1. The highest BCUT2D eigenvalue weighted by Crippen LogP contribution is 2.27. The van der Waals surface area contributed by atoms with Gasteiger partial charge in [-0.05, 0) is 12.3 Å². The number of amidine groups is 1. The van der Waals surface area contributed by atoms with Crippen LogP contribution in [-0.4, -0.2) is 26.7 Å². The summed E-state index contributed by atoms with van der Waals surface area (Å²) in [6, 6.07) is 0. The Balaban J connectivity index is 1.91. The van der Waals surface area contributed by atoms with E-state index in [1.54, 1.807) is 7.05 Å². The molecule has 0 aliphatic heterocycles. The summed E-state index contributed by atoms with van der Waals surface area (Å²) in [6.07, 6.45) is 9.22. The summed E-state index contributed by atoms with van der Waals surface area (Å²) >= 11 is 0. The van der Waals surface area contributed by atoms with Crippen LogP contribution in [0.2, 0.25) is 0 Å². The van der Waals surface area contributed by atoms with Crippen molar-refractivity contribution in [2.45, 2.75) is 44.9 Å². The quantitative estimate of drug-likeness (QED) is 0.333. The van der Waals surface area contributed by atoms with Crippen molar-refractivity contribution in [3.63, 3.8) is 0 Å². The van der Waals surface area contributed by atoms with Crippen molar-refractivity contribution in [1.82, 2.24) is 9.78 Å². The largest absolute Gasteiger partial charge is 0.409 e. The molecule has 7 heteroatoms. The maximum Gasteiger partial charge on any atom is 0.225 e. The Kier molecular flexibility index (Phi) is 5.19. The van der Waals surface area contributed by atoms with E-state index in [-0.39, 0.29) is 11.7 Å². The van der Waals surface area contributed by atoms with Gasteiger partial charge in [-0.3, -0.25) is 9.48 Å². The van der Waals surface area contributed by atoms with Crippen molar-refractivity contribution in [3.05, 3.63) is 11.8 Å². The maximum atomic E-state index is 12.1. The Hall–Kier alpha value is -2.05. The van der Waals surface area contributed by atoms with Gasteiger partial charge >= 0.3 is 0 Å². The molecule has 1 amide bonds. The molecular weight excluding hydrogens is 270 g/mol. The third-order valence-electron chi connectivity index (χ3n) is 4.08. The van der Waals surface area contributed by atoms with Crippen molar-refractivity contribution >= 4 is 17.6 Å². The SMILES string of the molecule is Cn1ncc(C(N)=NO)c1NC(=O)CCC1CCCCC1. The molecule has 0 aromatic carbocycles. The number of aromatic nitrogens is 2. The first kappa shape index (κ1) is 15.3. The van der Waals surface area contributed by atoms with Crippen molar-refractivity contribution in [2.75, 3.05) is 5.32 Å². The van der Waals surface area contributed by atoms with Crippen molar-refractivity contribution in [2.24, 2.45) is 23.9 Å². The normalized spacial score (nSPS) is 16.9. The molecule has 116 valence electrons. The fraction of sp³-hybridized carbons (Fsp3) is 0.643.